The lowest BCUT2D eigenvalue weighted by atomic mass is 9.17. The van der Waals surface area contributed by atoms with Crippen LogP contribution in [0.5, 0.6) is 0 Å². The van der Waals surface area contributed by atoms with Crippen molar-refractivity contribution in [2.45, 2.75) is 537 Å². The summed E-state index contributed by atoms with van der Waals surface area (Å²) in [7, 11) is 0. The Bertz CT molecular complexity index is 3670. The maximum absolute atomic E-state index is 12.9. The van der Waals surface area contributed by atoms with Gasteiger partial charge in [-0.05, 0) is 460 Å². The Balaban J connectivity index is 0.677. The van der Waals surface area contributed by atoms with Crippen LogP contribution < -0.4 is 0 Å². The van der Waals surface area contributed by atoms with Crippen LogP contribution >= 0.6 is 0 Å². The maximum atomic E-state index is 12.9. The first-order chi connectivity index (χ1) is 67.7. The second-order valence-corrected chi connectivity index (χ2v) is 54.6. The monoisotopic (exact) mass is 1740 g/mol. The van der Waals surface area contributed by atoms with Crippen molar-refractivity contribution in [3.63, 3.8) is 0 Å². The molecule has 0 aromatic heterocycles. The largest absolute Gasteiger partial charge is 0.295 e. The zero-order valence-corrected chi connectivity index (χ0v) is 82.4. The highest BCUT2D eigenvalue weighted by Gasteiger charge is 2.71. The molecule has 0 N–H and O–H groups in total. The molecule has 23 aliphatic carbocycles. The van der Waals surface area contributed by atoms with Gasteiger partial charge in [-0.25, -0.2) is 0 Å². The predicted octanol–water partition coefficient (Wildman–Crippen LogP) is 34.2. The van der Waals surface area contributed by atoms with Gasteiger partial charge in [-0.15, -0.1) is 0 Å². The van der Waals surface area contributed by atoms with E-state index in [-0.39, 0.29) is 96.6 Å². The fraction of sp³-hybridized carbons (Fsp3) is 1.00. The highest BCUT2D eigenvalue weighted by atomic mass is 15.3. The van der Waals surface area contributed by atoms with E-state index in [2.05, 4.69) is 37.5 Å². The topological polar surface area (TPSA) is 6.48 Å². The number of hydrogen-bond donors (Lipinski definition) is 0. The Morgan fingerprint density at radius 2 is 0.567 bits per heavy atom. The van der Waals surface area contributed by atoms with Crippen LogP contribution in [0.15, 0.2) is 0 Å². The van der Waals surface area contributed by atoms with Crippen molar-refractivity contribution >= 4 is 6.71 Å². The minimum absolute atomic E-state index is 0.0152. The van der Waals surface area contributed by atoms with Crippen molar-refractivity contribution in [1.29, 1.82) is 0 Å². The molecule has 712 valence electrons. The molecule has 0 amide bonds. The fourth-order valence-corrected chi connectivity index (χ4v) is 46.4. The first-order valence-electron chi connectivity index (χ1n) is 67.3. The van der Waals surface area contributed by atoms with E-state index >= 15 is 0 Å². The van der Waals surface area contributed by atoms with Gasteiger partial charge in [0.2, 0.25) is 0 Å². The van der Waals surface area contributed by atoms with E-state index in [1.807, 2.05) is 0 Å². The molecule has 2 aliphatic heterocycles. The van der Waals surface area contributed by atoms with Gasteiger partial charge in [0, 0.05) is 52.7 Å². The Labute approximate surface area is 802 Å². The molecule has 0 aromatic rings. The smallest absolute Gasteiger partial charge is 0.156 e. The van der Waals surface area contributed by atoms with Crippen LogP contribution in [0.4, 0.5) is 0 Å². The first-order valence-corrected chi connectivity index (χ1v) is 60.3. The molecule has 0 bridgehead atoms. The maximum Gasteiger partial charge on any atom is 0.156 e. The Morgan fingerprint density at radius 1 is 0.244 bits per heavy atom. The lowest BCUT2D eigenvalue weighted by molar-refractivity contribution is -0.161. The summed E-state index contributed by atoms with van der Waals surface area (Å²) in [5.41, 5.74) is 0. The normalized spacial score (nSPS) is 62.4. The average molecular weight is 1740 g/mol. The summed E-state index contributed by atoms with van der Waals surface area (Å²) in [6.45, 7) is 9.43. The standard InChI is InChI=1S/C124H203BN2/c1-76-53-54-78(3)117(79(76)4)90-61-59-87(60-62-90)110(86-57-55-85(56-58-86)93-40-18-17-27-77(93)2)71-80-72-115-122-116(73-80)127(124-98(83-32-13-7-14-33-83)43-24-44-99(124)84-34-15-8-16-35-84)114-70-64-92(95-66-68-109-105-48-22-39-89-37-20-46-103(119(89)105)107-52-26-50-101(95)121(107)109)75-112(114)125(122)111-74-91(94-65-67-108-104-47-21-38-88-36-19-45-102(118(88)104)106-51-25-49-100(94)120(106)108)63-69-113(111)126(115)123-96(81-28-9-5-10-29-81)41-23-42-97(123)82-30-11-6-12-31-82/h76-124H,5-75H2,1-4H3/t76-,77?,78?,79?,80?,85?,86?,87?,88?,89?,90?,91+,92?,93+,94?,95?,96?,97?,98-,99?,100?,101?,102?,103?,104?,105?,106?,107?,108?,109?,110?,111?,112?,113?,114+,115?,116?,117+,118?,119?,120?,121?,122?,123?,124?/m1/s1/i17D,18D,27D,40D,53D,54D,63D,64D,69D,70D,74D,75D/t17?,18-,27?,40?,53?,54?,63+,64?,69?,70+,74+,75?,76+,77?,78?,79?,80?,85?,86?,87?,88?,89?,90?,91?,92-,93-,94?,95?,96+,97?,98?,99?,100?,101?,102?,103?,104?,105?,106?,107?,108?,109?,110?,111?,112?,113-,114?,115?,116?,117-,118?,119?,120?,121?,122?,123?,124?/m0. The van der Waals surface area contributed by atoms with Crippen molar-refractivity contribution in [1.82, 2.24) is 9.80 Å². The third-order valence-corrected chi connectivity index (χ3v) is 50.5. The second-order valence-electron chi connectivity index (χ2n) is 54.6. The summed E-state index contributed by atoms with van der Waals surface area (Å²) in [5.74, 6) is 22.5. The Kier molecular flexibility index (Phi) is 22.8. The van der Waals surface area contributed by atoms with Gasteiger partial charge in [0.15, 0.2) is 6.71 Å². The molecule has 23 saturated carbocycles. The highest BCUT2D eigenvalue weighted by molar-refractivity contribution is 6.65. The molecule has 2 heterocycles. The highest BCUT2D eigenvalue weighted by Crippen LogP contribution is 2.74. The number of nitrogens with zero attached hydrogens (tertiary/aromatic N) is 2. The minimum Gasteiger partial charge on any atom is -0.295 e. The van der Waals surface area contributed by atoms with Crippen LogP contribution in [0.1, 0.15) is 500 Å². The molecule has 127 heavy (non-hydrogen) atoms. The average Bonchev–Trinajstić information content (AvgIpc) is 0.669. The molecule has 42 unspecified atom stereocenters. The van der Waals surface area contributed by atoms with Crippen LogP contribution in [0.3, 0.4) is 0 Å². The number of rotatable bonds is 14. The van der Waals surface area contributed by atoms with E-state index in [0.29, 0.717) is 130 Å². The molecule has 52 atom stereocenters. The predicted molar refractivity (Wildman–Crippen MR) is 534 cm³/mol. The summed E-state index contributed by atoms with van der Waals surface area (Å²) in [5, 5.41) is 0. The second kappa shape index (κ2) is 38.2. The minimum atomic E-state index is -0.832. The SMILES string of the molecule is [2H]C1C([2H])[C@H]([2H])C([2H])[C@H](C2CCC(C(CC3CC4C5B(C6C([2H])[C@@H](C7CCC8C9CCCC%10CCCC(C%11CCCC7C%118)C%109)C([2H])[C@@H]([2H])C6N4C4C(C6CCCCC6)CCCC4C4CCCCC4)C4[C@H]([2H])C(C6CCC7C8CCCC9CCCC(C%10CCCC6C%107)C98)[C@H]([2H])C([2H])[C@@H]4N(C4C(C6CCCCC6)CCC[C@@H]4C4CCCCC4)C5C3)C3CCC([C@H]4C(C)C([2H])C([2H])[C@@H](C)C4C)CC3)CC2)C1C. The summed E-state index contributed by atoms with van der Waals surface area (Å²) in [6, 6.07) is 0.642. The third kappa shape index (κ3) is 16.0. The summed E-state index contributed by atoms with van der Waals surface area (Å²) in [4.78, 5) is 7.00. The molecule has 3 heteroatoms. The van der Waals surface area contributed by atoms with Gasteiger partial charge in [0.05, 0.1) is 0 Å². The first kappa shape index (κ1) is 75.9. The van der Waals surface area contributed by atoms with E-state index in [0.717, 1.165) is 121 Å². The zero-order chi connectivity index (χ0) is 94.7. The quantitative estimate of drug-likeness (QED) is 0.160. The summed E-state index contributed by atoms with van der Waals surface area (Å²) < 4.78 is 132. The molecular formula is C124H203BN2. The van der Waals surface area contributed by atoms with Gasteiger partial charge in [-0.2, -0.15) is 0 Å². The molecular weight excluding hydrogens is 1530 g/mol. The van der Waals surface area contributed by atoms with Gasteiger partial charge in [-0.3, -0.25) is 9.80 Å². The number of fused-ring (bicyclic) bond motifs is 8. The lowest BCUT2D eigenvalue weighted by Crippen LogP contribution is -2.77. The van der Waals surface area contributed by atoms with E-state index in [1.54, 1.807) is 0 Å². The fourth-order valence-electron chi connectivity index (χ4n) is 46.4. The molecule has 0 aromatic carbocycles. The summed E-state index contributed by atoms with van der Waals surface area (Å²) in [6.07, 6.45) is 71.5. The van der Waals surface area contributed by atoms with Gasteiger partial charge in [0.1, 0.15) is 0 Å². The zero-order valence-electron chi connectivity index (χ0n) is 94.4. The van der Waals surface area contributed by atoms with Crippen LogP contribution in [0.25, 0.3) is 0 Å². The van der Waals surface area contributed by atoms with E-state index in [9.17, 15) is 15.1 Å². The van der Waals surface area contributed by atoms with E-state index < -0.39 is 64.0 Å². The van der Waals surface area contributed by atoms with Crippen molar-refractivity contribution in [3.05, 3.63) is 0 Å². The van der Waals surface area contributed by atoms with Crippen LogP contribution in [0.2, 0.25) is 17.5 Å². The Hall–Kier alpha value is -0.0151. The van der Waals surface area contributed by atoms with E-state index in [1.165, 1.54) is 340 Å². The molecule has 25 rings (SSSR count). The van der Waals surface area contributed by atoms with Gasteiger partial charge >= 0.3 is 0 Å². The molecule has 0 radical (unpaired) electrons. The van der Waals surface area contributed by atoms with Gasteiger partial charge in [-0.1, -0.05) is 278 Å². The van der Waals surface area contributed by atoms with Gasteiger partial charge in [0.25, 0.3) is 0 Å². The van der Waals surface area contributed by atoms with Crippen LogP contribution in [-0.2, 0) is 0 Å². The lowest BCUT2D eigenvalue weighted by Gasteiger charge is -2.72. The van der Waals surface area contributed by atoms with E-state index in [4.69, 9.17) is 1.37 Å². The van der Waals surface area contributed by atoms with Crippen LogP contribution in [-0.4, -0.2) is 52.8 Å². The molecule has 25 aliphatic rings. The number of hydrogen-bond acceptors (Lipinski definition) is 2. The van der Waals surface area contributed by atoms with Gasteiger partial charge < -0.3 is 0 Å². The van der Waals surface area contributed by atoms with Crippen molar-refractivity contribution in [2.75, 3.05) is 0 Å². The third-order valence-electron chi connectivity index (χ3n) is 50.5. The van der Waals surface area contributed by atoms with Crippen LogP contribution in [0, 0.1) is 237 Å². The molecule has 2 nitrogen and oxygen atoms in total. The molecule has 2 saturated heterocycles. The van der Waals surface area contributed by atoms with Crippen molar-refractivity contribution < 1.29 is 16.4 Å². The molecule has 25 fully saturated rings. The summed E-state index contributed by atoms with van der Waals surface area (Å²) >= 11 is 0. The van der Waals surface area contributed by atoms with Crippen molar-refractivity contribution in [2.24, 2.45) is 237 Å². The molecule has 0 spiro atoms. The van der Waals surface area contributed by atoms with Crippen molar-refractivity contribution in [3.8, 4) is 0 Å². The Morgan fingerprint density at radius 3 is 0.984 bits per heavy atom.